The van der Waals surface area contributed by atoms with Crippen molar-refractivity contribution in [3.63, 3.8) is 0 Å². The fourth-order valence-electron chi connectivity index (χ4n) is 2.38. The van der Waals surface area contributed by atoms with Gasteiger partial charge >= 0.3 is 0 Å². The fraction of sp³-hybridized carbons (Fsp3) is 0.350. The second-order valence-electron chi connectivity index (χ2n) is 6.41. The molecule has 0 radical (unpaired) electrons. The predicted molar refractivity (Wildman–Crippen MR) is 100 cm³/mol. The van der Waals surface area contributed by atoms with Crippen LogP contribution < -0.4 is 15.0 Å². The van der Waals surface area contributed by atoms with Crippen LogP contribution in [-0.4, -0.2) is 37.8 Å². The number of amides is 1. The maximum Gasteiger partial charge on any atom is 0.251 e. The van der Waals surface area contributed by atoms with Gasteiger partial charge in [-0.25, -0.2) is 0 Å². The van der Waals surface area contributed by atoms with Crippen molar-refractivity contribution in [2.75, 3.05) is 25.5 Å². The highest BCUT2D eigenvalue weighted by Crippen LogP contribution is 2.19. The number of nitrogens with zero attached hydrogens (tertiary/aromatic N) is 1. The van der Waals surface area contributed by atoms with Crippen LogP contribution in [0, 0.1) is 0 Å². The molecule has 0 heterocycles. The molecule has 2 aromatic carbocycles. The normalized spacial score (nSPS) is 11.9. The summed E-state index contributed by atoms with van der Waals surface area (Å²) < 4.78 is 5.58. The summed E-state index contributed by atoms with van der Waals surface area (Å²) in [7, 11) is 3.85. The second kappa shape index (κ2) is 8.53. The largest absolute Gasteiger partial charge is 0.491 e. The molecule has 25 heavy (non-hydrogen) atoms. The van der Waals surface area contributed by atoms with Crippen LogP contribution in [0.3, 0.4) is 0 Å². The number of hydrogen-bond acceptors (Lipinski definition) is 4. The van der Waals surface area contributed by atoms with Crippen molar-refractivity contribution >= 4 is 11.6 Å². The summed E-state index contributed by atoms with van der Waals surface area (Å²) in [5.41, 5.74) is 2.26. The van der Waals surface area contributed by atoms with Gasteiger partial charge < -0.3 is 20.1 Å². The van der Waals surface area contributed by atoms with E-state index in [0.717, 1.165) is 17.0 Å². The molecule has 1 atom stereocenters. The molecule has 0 aliphatic heterocycles. The van der Waals surface area contributed by atoms with Gasteiger partial charge in [-0.15, -0.1) is 0 Å². The third kappa shape index (κ3) is 5.50. The zero-order valence-corrected chi connectivity index (χ0v) is 15.2. The van der Waals surface area contributed by atoms with E-state index in [1.807, 2.05) is 63.2 Å². The van der Waals surface area contributed by atoms with E-state index < -0.39 is 6.10 Å². The Morgan fingerprint density at radius 1 is 1.16 bits per heavy atom. The first-order valence-corrected chi connectivity index (χ1v) is 8.37. The molecule has 5 nitrogen and oxygen atoms in total. The van der Waals surface area contributed by atoms with Gasteiger partial charge in [-0.2, -0.15) is 0 Å². The Labute approximate surface area is 149 Å². The maximum absolute atomic E-state index is 12.3. The van der Waals surface area contributed by atoms with E-state index in [-0.39, 0.29) is 18.6 Å². The molecule has 2 N–H and O–H groups in total. The number of anilines is 1. The van der Waals surface area contributed by atoms with Gasteiger partial charge in [-0.05, 0) is 49.7 Å². The van der Waals surface area contributed by atoms with Crippen LogP contribution in [0.25, 0.3) is 0 Å². The molecule has 0 aliphatic rings. The smallest absolute Gasteiger partial charge is 0.251 e. The number of carbonyl (C=O) groups is 1. The molecular weight excluding hydrogens is 316 g/mol. The third-order valence-electron chi connectivity index (χ3n) is 3.72. The lowest BCUT2D eigenvalue weighted by molar-refractivity contribution is 0.0916. The summed E-state index contributed by atoms with van der Waals surface area (Å²) in [5.74, 6) is 0.554. The van der Waals surface area contributed by atoms with Crippen molar-refractivity contribution in [1.82, 2.24) is 5.32 Å². The van der Waals surface area contributed by atoms with Crippen molar-refractivity contribution in [3.05, 3.63) is 59.7 Å². The zero-order valence-electron chi connectivity index (χ0n) is 15.2. The van der Waals surface area contributed by atoms with Crippen LogP contribution in [0.4, 0.5) is 5.69 Å². The minimum atomic E-state index is -0.769. The van der Waals surface area contributed by atoms with Crippen LogP contribution in [0.5, 0.6) is 5.75 Å². The summed E-state index contributed by atoms with van der Waals surface area (Å²) >= 11 is 0. The third-order valence-corrected chi connectivity index (χ3v) is 3.72. The molecule has 2 rings (SSSR count). The fourth-order valence-corrected chi connectivity index (χ4v) is 2.38. The van der Waals surface area contributed by atoms with Gasteiger partial charge in [0.05, 0.1) is 12.2 Å². The highest BCUT2D eigenvalue weighted by atomic mass is 16.5. The minimum absolute atomic E-state index is 0.105. The summed E-state index contributed by atoms with van der Waals surface area (Å²) in [5, 5.41) is 13.0. The van der Waals surface area contributed by atoms with E-state index in [4.69, 9.17) is 4.74 Å². The van der Waals surface area contributed by atoms with E-state index in [2.05, 4.69) is 5.32 Å². The van der Waals surface area contributed by atoms with Gasteiger partial charge in [0.15, 0.2) is 0 Å². The molecule has 1 unspecified atom stereocenters. The Balaban J connectivity index is 1.93. The van der Waals surface area contributed by atoms with Gasteiger partial charge in [0.1, 0.15) is 5.75 Å². The van der Waals surface area contributed by atoms with Gasteiger partial charge in [0.25, 0.3) is 5.91 Å². The highest BCUT2D eigenvalue weighted by Gasteiger charge is 2.12. The lowest BCUT2D eigenvalue weighted by atomic mass is 10.1. The number of aliphatic hydroxyl groups is 1. The SMILES string of the molecule is CC(C)Oc1ccc(C(O)CNC(=O)c2cccc(N(C)C)c2)cc1. The molecule has 0 spiro atoms. The monoisotopic (exact) mass is 342 g/mol. The standard InChI is InChI=1S/C20H26N2O3/c1-14(2)25-18-10-8-15(9-11-18)19(23)13-21-20(24)16-6-5-7-17(12-16)22(3)4/h5-12,14,19,23H,13H2,1-4H3,(H,21,24). The van der Waals surface area contributed by atoms with Gasteiger partial charge in [0, 0.05) is 31.9 Å². The Kier molecular flexibility index (Phi) is 6.42. The van der Waals surface area contributed by atoms with Crippen LogP contribution in [0.1, 0.15) is 35.9 Å². The zero-order chi connectivity index (χ0) is 18.4. The first-order chi connectivity index (χ1) is 11.9. The molecule has 5 heteroatoms. The van der Waals surface area contributed by atoms with Crippen LogP contribution in [-0.2, 0) is 0 Å². The number of rotatable bonds is 7. The molecular formula is C20H26N2O3. The molecule has 0 aromatic heterocycles. The molecule has 0 aliphatic carbocycles. The van der Waals surface area contributed by atoms with Crippen molar-refractivity contribution in [1.29, 1.82) is 0 Å². The minimum Gasteiger partial charge on any atom is -0.491 e. The van der Waals surface area contributed by atoms with E-state index in [0.29, 0.717) is 5.56 Å². The summed E-state index contributed by atoms with van der Waals surface area (Å²) in [4.78, 5) is 14.2. The van der Waals surface area contributed by atoms with Crippen LogP contribution in [0.2, 0.25) is 0 Å². The lowest BCUT2D eigenvalue weighted by Gasteiger charge is -2.15. The van der Waals surface area contributed by atoms with Crippen molar-refractivity contribution in [2.45, 2.75) is 26.1 Å². The van der Waals surface area contributed by atoms with Crippen molar-refractivity contribution in [2.24, 2.45) is 0 Å². The summed E-state index contributed by atoms with van der Waals surface area (Å²) in [6.07, 6.45) is -0.665. The summed E-state index contributed by atoms with van der Waals surface area (Å²) in [6.45, 7) is 4.07. The van der Waals surface area contributed by atoms with E-state index in [1.54, 1.807) is 18.2 Å². The Morgan fingerprint density at radius 3 is 2.44 bits per heavy atom. The maximum atomic E-state index is 12.3. The molecule has 1 amide bonds. The van der Waals surface area contributed by atoms with Crippen LogP contribution in [0.15, 0.2) is 48.5 Å². The Hall–Kier alpha value is -2.53. The topological polar surface area (TPSA) is 61.8 Å². The Morgan fingerprint density at radius 2 is 1.84 bits per heavy atom. The van der Waals surface area contributed by atoms with E-state index in [1.165, 1.54) is 0 Å². The van der Waals surface area contributed by atoms with Crippen molar-refractivity contribution in [3.8, 4) is 5.75 Å². The number of benzene rings is 2. The number of carbonyl (C=O) groups excluding carboxylic acids is 1. The quantitative estimate of drug-likeness (QED) is 0.812. The second-order valence-corrected chi connectivity index (χ2v) is 6.41. The van der Waals surface area contributed by atoms with E-state index >= 15 is 0 Å². The number of ether oxygens (including phenoxy) is 1. The average molecular weight is 342 g/mol. The first-order valence-electron chi connectivity index (χ1n) is 8.37. The first kappa shape index (κ1) is 18.8. The average Bonchev–Trinajstić information content (AvgIpc) is 2.59. The molecule has 134 valence electrons. The molecule has 0 bridgehead atoms. The lowest BCUT2D eigenvalue weighted by Crippen LogP contribution is -2.28. The number of hydrogen-bond donors (Lipinski definition) is 2. The van der Waals surface area contributed by atoms with Gasteiger partial charge in [-0.1, -0.05) is 18.2 Å². The van der Waals surface area contributed by atoms with Crippen LogP contribution >= 0.6 is 0 Å². The number of nitrogens with one attached hydrogen (secondary N) is 1. The Bertz CT molecular complexity index is 696. The predicted octanol–water partition coefficient (Wildman–Crippen LogP) is 3.00. The van der Waals surface area contributed by atoms with E-state index in [9.17, 15) is 9.90 Å². The molecule has 0 saturated heterocycles. The summed E-state index contributed by atoms with van der Waals surface area (Å²) in [6, 6.07) is 14.6. The molecule has 0 fully saturated rings. The van der Waals surface area contributed by atoms with Crippen molar-refractivity contribution < 1.29 is 14.6 Å². The van der Waals surface area contributed by atoms with Gasteiger partial charge in [0.2, 0.25) is 0 Å². The molecule has 0 saturated carbocycles. The number of aliphatic hydroxyl groups excluding tert-OH is 1. The van der Waals surface area contributed by atoms with Gasteiger partial charge in [-0.3, -0.25) is 4.79 Å². The highest BCUT2D eigenvalue weighted by molar-refractivity contribution is 5.95. The molecule has 2 aromatic rings.